The number of hydrogen-bond acceptors (Lipinski definition) is 3. The zero-order chi connectivity index (χ0) is 19.5. The maximum Gasteiger partial charge on any atom is 0.268 e. The van der Waals surface area contributed by atoms with Crippen LogP contribution in [0.2, 0.25) is 0 Å². The van der Waals surface area contributed by atoms with Crippen LogP contribution in [0, 0.1) is 30.0 Å². The first-order chi connectivity index (χ1) is 13.7. The first-order valence-electron chi connectivity index (χ1n) is 8.38. The van der Waals surface area contributed by atoms with Crippen molar-refractivity contribution in [3.63, 3.8) is 0 Å². The number of rotatable bonds is 1. The van der Waals surface area contributed by atoms with Crippen LogP contribution in [0.25, 0.3) is 16.7 Å². The van der Waals surface area contributed by atoms with Gasteiger partial charge < -0.3 is 0 Å². The lowest BCUT2D eigenvalue weighted by atomic mass is 10.2. The van der Waals surface area contributed by atoms with E-state index in [0.29, 0.717) is 27.8 Å². The Morgan fingerprint density at radius 2 is 1.64 bits per heavy atom. The molecule has 0 aliphatic rings. The van der Waals surface area contributed by atoms with Gasteiger partial charge in [0, 0.05) is 17.3 Å². The highest BCUT2D eigenvalue weighted by atomic mass is 19.1. The smallest absolute Gasteiger partial charge is 0.268 e. The normalized spacial score (nSPS) is 10.1. The Morgan fingerprint density at radius 1 is 0.929 bits per heavy atom. The van der Waals surface area contributed by atoms with E-state index in [2.05, 4.69) is 27.7 Å². The number of aromatic nitrogens is 3. The molecule has 0 atom stereocenters. The molecule has 0 aliphatic carbocycles. The van der Waals surface area contributed by atoms with Crippen molar-refractivity contribution in [2.24, 2.45) is 0 Å². The highest BCUT2D eigenvalue weighted by Crippen LogP contribution is 2.12. The molecular formula is C23H12FN3O. The van der Waals surface area contributed by atoms with E-state index in [1.165, 1.54) is 16.7 Å². The van der Waals surface area contributed by atoms with Crippen molar-refractivity contribution in [1.82, 2.24) is 14.5 Å². The summed E-state index contributed by atoms with van der Waals surface area (Å²) in [5.41, 5.74) is 1.92. The summed E-state index contributed by atoms with van der Waals surface area (Å²) >= 11 is 0. The molecule has 0 aliphatic heterocycles. The predicted octanol–water partition coefficient (Wildman–Crippen LogP) is 3.30. The highest BCUT2D eigenvalue weighted by Gasteiger charge is 2.12. The third-order valence-electron chi connectivity index (χ3n) is 4.10. The number of pyridine rings is 1. The second-order valence-electron chi connectivity index (χ2n) is 5.90. The Labute approximate surface area is 160 Å². The molecule has 0 unspecified atom stereocenters. The van der Waals surface area contributed by atoms with Crippen molar-refractivity contribution >= 4 is 11.0 Å². The summed E-state index contributed by atoms with van der Waals surface area (Å²) in [6.45, 7) is 0. The first-order valence-corrected chi connectivity index (χ1v) is 8.38. The van der Waals surface area contributed by atoms with Crippen LogP contribution in [0.4, 0.5) is 4.39 Å². The van der Waals surface area contributed by atoms with E-state index in [1.807, 2.05) is 0 Å². The fraction of sp³-hybridized carbons (Fsp3) is 0. The molecule has 2 aromatic carbocycles. The average molecular weight is 365 g/mol. The summed E-state index contributed by atoms with van der Waals surface area (Å²) in [4.78, 5) is 21.7. The van der Waals surface area contributed by atoms with Crippen LogP contribution in [0.1, 0.15) is 17.0 Å². The average Bonchev–Trinajstić information content (AvgIpc) is 2.74. The van der Waals surface area contributed by atoms with Gasteiger partial charge >= 0.3 is 0 Å². The number of nitrogens with zero attached hydrogens (tertiary/aromatic N) is 3. The van der Waals surface area contributed by atoms with Gasteiger partial charge in [-0.1, -0.05) is 11.8 Å². The van der Waals surface area contributed by atoms with Crippen molar-refractivity contribution < 1.29 is 4.39 Å². The van der Waals surface area contributed by atoms with Crippen LogP contribution < -0.4 is 5.56 Å². The zero-order valence-electron chi connectivity index (χ0n) is 14.6. The minimum absolute atomic E-state index is 0.231. The van der Waals surface area contributed by atoms with Crippen molar-refractivity contribution in [2.75, 3.05) is 0 Å². The van der Waals surface area contributed by atoms with Gasteiger partial charge in [0.25, 0.3) is 5.56 Å². The molecule has 0 saturated heterocycles. The summed E-state index contributed by atoms with van der Waals surface area (Å²) < 4.78 is 14.5. The van der Waals surface area contributed by atoms with Gasteiger partial charge in [-0.15, -0.1) is 6.42 Å². The van der Waals surface area contributed by atoms with Crippen LogP contribution in [0.15, 0.2) is 71.7 Å². The van der Waals surface area contributed by atoms with E-state index in [-0.39, 0.29) is 17.2 Å². The van der Waals surface area contributed by atoms with Crippen molar-refractivity contribution in [3.8, 4) is 29.9 Å². The molecule has 0 amide bonds. The molecule has 4 aromatic rings. The maximum atomic E-state index is 13.1. The van der Waals surface area contributed by atoms with Gasteiger partial charge in [-0.3, -0.25) is 9.36 Å². The Bertz CT molecular complexity index is 1340. The zero-order valence-corrected chi connectivity index (χ0v) is 14.6. The first kappa shape index (κ1) is 17.2. The molecule has 2 aromatic heterocycles. The molecular weight excluding hydrogens is 353 g/mol. The van der Waals surface area contributed by atoms with Gasteiger partial charge in [0.05, 0.1) is 11.1 Å². The molecule has 0 radical (unpaired) electrons. The molecule has 132 valence electrons. The Kier molecular flexibility index (Phi) is 4.42. The summed E-state index contributed by atoms with van der Waals surface area (Å²) in [7, 11) is 0. The van der Waals surface area contributed by atoms with E-state index in [0.717, 1.165) is 0 Å². The lowest BCUT2D eigenvalue weighted by Gasteiger charge is -2.09. The SMILES string of the molecule is C#Cc1ccc(-n2c(C#Cc3ccc(F)cc3)nc3ncccc3c2=O)cc1. The summed E-state index contributed by atoms with van der Waals surface area (Å²) in [6.07, 6.45) is 6.97. The highest BCUT2D eigenvalue weighted by molar-refractivity contribution is 5.74. The fourth-order valence-electron chi connectivity index (χ4n) is 2.71. The van der Waals surface area contributed by atoms with Gasteiger partial charge in [0.15, 0.2) is 11.5 Å². The lowest BCUT2D eigenvalue weighted by molar-refractivity contribution is 0.627. The number of terminal acetylenes is 1. The minimum Gasteiger partial charge on any atom is -0.268 e. The lowest BCUT2D eigenvalue weighted by Crippen LogP contribution is -2.23. The molecule has 0 bridgehead atoms. The number of fused-ring (bicyclic) bond motifs is 1. The molecule has 4 rings (SSSR count). The topological polar surface area (TPSA) is 47.8 Å². The largest absolute Gasteiger partial charge is 0.268 e. The standard InChI is InChI=1S/C23H12FN3O/c1-2-16-7-12-19(13-8-16)27-21(14-9-17-5-10-18(24)11-6-17)26-22-20(23(27)28)4-3-15-25-22/h1,3-8,10-13,15H. The number of benzene rings is 2. The van der Waals surface area contributed by atoms with Crippen LogP contribution in [-0.4, -0.2) is 14.5 Å². The van der Waals surface area contributed by atoms with Gasteiger partial charge in [0.2, 0.25) is 0 Å². The van der Waals surface area contributed by atoms with E-state index in [4.69, 9.17) is 6.42 Å². The molecule has 2 heterocycles. The van der Waals surface area contributed by atoms with Crippen LogP contribution >= 0.6 is 0 Å². The van der Waals surface area contributed by atoms with E-state index in [9.17, 15) is 9.18 Å². The van der Waals surface area contributed by atoms with Crippen molar-refractivity contribution in [2.45, 2.75) is 0 Å². The third kappa shape index (κ3) is 3.25. The monoisotopic (exact) mass is 365 g/mol. The Balaban J connectivity index is 1.94. The van der Waals surface area contributed by atoms with Gasteiger partial charge in [-0.2, -0.15) is 0 Å². The van der Waals surface area contributed by atoms with E-state index >= 15 is 0 Å². The minimum atomic E-state index is -0.343. The molecule has 0 fully saturated rings. The second-order valence-corrected chi connectivity index (χ2v) is 5.90. The molecule has 5 heteroatoms. The molecule has 0 spiro atoms. The van der Waals surface area contributed by atoms with Gasteiger partial charge in [-0.25, -0.2) is 14.4 Å². The van der Waals surface area contributed by atoms with Crippen molar-refractivity contribution in [1.29, 1.82) is 0 Å². The third-order valence-corrected chi connectivity index (χ3v) is 4.10. The Hall–Kier alpha value is -4.22. The number of hydrogen-bond donors (Lipinski definition) is 0. The summed E-state index contributed by atoms with van der Waals surface area (Å²) in [6, 6.07) is 16.1. The fourth-order valence-corrected chi connectivity index (χ4v) is 2.71. The predicted molar refractivity (Wildman–Crippen MR) is 105 cm³/mol. The number of halogens is 1. The Morgan fingerprint density at radius 3 is 2.36 bits per heavy atom. The van der Waals surface area contributed by atoms with Crippen molar-refractivity contribution in [3.05, 3.63) is 100.0 Å². The van der Waals surface area contributed by atoms with Gasteiger partial charge in [-0.05, 0) is 66.6 Å². The van der Waals surface area contributed by atoms with E-state index < -0.39 is 0 Å². The molecule has 4 nitrogen and oxygen atoms in total. The van der Waals surface area contributed by atoms with Crippen LogP contribution in [0.5, 0.6) is 0 Å². The summed E-state index contributed by atoms with van der Waals surface area (Å²) in [5.74, 6) is 8.25. The van der Waals surface area contributed by atoms with Crippen LogP contribution in [-0.2, 0) is 0 Å². The molecule has 0 saturated carbocycles. The molecule has 28 heavy (non-hydrogen) atoms. The second kappa shape index (κ2) is 7.19. The summed E-state index contributed by atoms with van der Waals surface area (Å²) in [5, 5.41) is 0.385. The van der Waals surface area contributed by atoms with E-state index in [1.54, 1.807) is 54.7 Å². The van der Waals surface area contributed by atoms with Gasteiger partial charge in [0.1, 0.15) is 5.82 Å². The maximum absolute atomic E-state index is 13.1. The van der Waals surface area contributed by atoms with Crippen LogP contribution in [0.3, 0.4) is 0 Å². The quantitative estimate of drug-likeness (QED) is 0.486. The molecule has 0 N–H and O–H groups in total.